The second kappa shape index (κ2) is 2.78. The molecule has 0 atom stereocenters. The van der Waals surface area contributed by atoms with E-state index in [0.29, 0.717) is 5.41 Å². The van der Waals surface area contributed by atoms with Gasteiger partial charge in [0, 0.05) is 0 Å². The van der Waals surface area contributed by atoms with Crippen LogP contribution in [0.15, 0.2) is 4.99 Å². The fourth-order valence-corrected chi connectivity index (χ4v) is 1.47. The van der Waals surface area contributed by atoms with Crippen LogP contribution in [0.2, 0.25) is 0 Å². The van der Waals surface area contributed by atoms with E-state index in [2.05, 4.69) is 25.8 Å². The third kappa shape index (κ3) is 1.90. The molecule has 1 saturated carbocycles. The van der Waals surface area contributed by atoms with Crippen molar-refractivity contribution in [1.29, 1.82) is 0 Å². The van der Waals surface area contributed by atoms with E-state index in [1.54, 1.807) is 6.08 Å². The topological polar surface area (TPSA) is 29.4 Å². The maximum absolute atomic E-state index is 9.87. The molecule has 0 aromatic heterocycles. The van der Waals surface area contributed by atoms with Gasteiger partial charge in [0.15, 0.2) is 0 Å². The predicted octanol–water partition coefficient (Wildman–Crippen LogP) is 2.15. The average Bonchev–Trinajstić information content (AvgIpc) is 1.74. The average molecular weight is 153 g/mol. The van der Waals surface area contributed by atoms with Gasteiger partial charge in [-0.3, -0.25) is 0 Å². The summed E-state index contributed by atoms with van der Waals surface area (Å²) in [6.07, 6.45) is 3.75. The smallest absolute Gasteiger partial charge is 0.211 e. The largest absolute Gasteiger partial charge is 0.235 e. The number of isocyanates is 1. The molecular weight excluding hydrogens is 138 g/mol. The third-order valence-electron chi connectivity index (χ3n) is 2.57. The summed E-state index contributed by atoms with van der Waals surface area (Å²) in [4.78, 5) is 13.6. The number of nitrogens with zero attached hydrogens (tertiary/aromatic N) is 1. The van der Waals surface area contributed by atoms with Crippen LogP contribution in [0.5, 0.6) is 0 Å². The highest BCUT2D eigenvalue weighted by molar-refractivity contribution is 5.34. The molecule has 0 saturated heterocycles. The quantitative estimate of drug-likeness (QED) is 0.419. The number of rotatable bonds is 1. The molecule has 0 unspecified atom stereocenters. The third-order valence-corrected chi connectivity index (χ3v) is 2.57. The lowest BCUT2D eigenvalue weighted by Gasteiger charge is -2.41. The molecule has 0 N–H and O–H groups in total. The first kappa shape index (κ1) is 8.48. The van der Waals surface area contributed by atoms with Gasteiger partial charge in [-0.1, -0.05) is 20.8 Å². The number of carbonyl (C=O) groups excluding carboxylic acids is 1. The molecule has 0 aromatic carbocycles. The second-order valence-corrected chi connectivity index (χ2v) is 4.41. The highest BCUT2D eigenvalue weighted by Crippen LogP contribution is 2.42. The molecule has 0 aliphatic heterocycles. The van der Waals surface area contributed by atoms with E-state index in [9.17, 15) is 4.79 Å². The van der Waals surface area contributed by atoms with Gasteiger partial charge in [0.25, 0.3) is 0 Å². The molecule has 2 nitrogen and oxygen atoms in total. The molecule has 62 valence electrons. The Labute approximate surface area is 67.7 Å². The van der Waals surface area contributed by atoms with Crippen LogP contribution in [0.3, 0.4) is 0 Å². The summed E-state index contributed by atoms with van der Waals surface area (Å²) >= 11 is 0. The minimum absolute atomic E-state index is 0.275. The van der Waals surface area contributed by atoms with Gasteiger partial charge < -0.3 is 0 Å². The molecule has 11 heavy (non-hydrogen) atoms. The molecule has 0 radical (unpaired) electrons. The molecule has 0 spiro atoms. The molecule has 0 aromatic rings. The van der Waals surface area contributed by atoms with Crippen LogP contribution in [0, 0.1) is 11.3 Å². The van der Waals surface area contributed by atoms with E-state index in [4.69, 9.17) is 0 Å². The van der Waals surface area contributed by atoms with Crippen LogP contribution < -0.4 is 0 Å². The lowest BCUT2D eigenvalue weighted by Crippen LogP contribution is -2.36. The van der Waals surface area contributed by atoms with Crippen molar-refractivity contribution in [3.8, 4) is 0 Å². The summed E-state index contributed by atoms with van der Waals surface area (Å²) in [5, 5.41) is 0. The van der Waals surface area contributed by atoms with Gasteiger partial charge in [-0.25, -0.2) is 9.79 Å². The van der Waals surface area contributed by atoms with Gasteiger partial charge in [0.1, 0.15) is 0 Å². The molecule has 0 heterocycles. The molecule has 1 aliphatic rings. The van der Waals surface area contributed by atoms with Gasteiger partial charge >= 0.3 is 0 Å². The number of aliphatic imine (C=N–C) groups is 1. The Kier molecular flexibility index (Phi) is 2.15. The second-order valence-electron chi connectivity index (χ2n) is 4.41. The van der Waals surface area contributed by atoms with Crippen LogP contribution in [0.1, 0.15) is 33.6 Å². The summed E-state index contributed by atoms with van der Waals surface area (Å²) in [6.45, 7) is 6.70. The van der Waals surface area contributed by atoms with Crippen LogP contribution in [-0.4, -0.2) is 12.1 Å². The predicted molar refractivity (Wildman–Crippen MR) is 44.1 cm³/mol. The Morgan fingerprint density at radius 2 is 1.91 bits per heavy atom. The van der Waals surface area contributed by atoms with Crippen molar-refractivity contribution < 1.29 is 4.79 Å². The van der Waals surface area contributed by atoms with Gasteiger partial charge in [0.2, 0.25) is 6.08 Å². The van der Waals surface area contributed by atoms with Crippen LogP contribution in [-0.2, 0) is 4.79 Å². The zero-order chi connectivity index (χ0) is 8.48. The number of hydrogen-bond donors (Lipinski definition) is 0. The lowest BCUT2D eigenvalue weighted by atomic mass is 9.66. The first-order chi connectivity index (χ1) is 5.04. The van der Waals surface area contributed by atoms with Gasteiger partial charge in [-0.15, -0.1) is 0 Å². The van der Waals surface area contributed by atoms with Crippen LogP contribution >= 0.6 is 0 Å². The van der Waals surface area contributed by atoms with Gasteiger partial charge in [-0.2, -0.15) is 0 Å². The van der Waals surface area contributed by atoms with Crippen molar-refractivity contribution in [2.45, 2.75) is 39.7 Å². The SMILES string of the molecule is CC(C)(C)C1CC(N=C=O)C1. The molecule has 2 heteroatoms. The van der Waals surface area contributed by atoms with E-state index in [1.807, 2.05) is 0 Å². The fourth-order valence-electron chi connectivity index (χ4n) is 1.47. The van der Waals surface area contributed by atoms with Crippen LogP contribution in [0.25, 0.3) is 0 Å². The summed E-state index contributed by atoms with van der Waals surface area (Å²) < 4.78 is 0. The van der Waals surface area contributed by atoms with Gasteiger partial charge in [-0.05, 0) is 24.2 Å². The van der Waals surface area contributed by atoms with E-state index in [-0.39, 0.29) is 6.04 Å². The van der Waals surface area contributed by atoms with Crippen LogP contribution in [0.4, 0.5) is 0 Å². The Hall–Kier alpha value is -0.620. The van der Waals surface area contributed by atoms with Crippen molar-refractivity contribution in [3.63, 3.8) is 0 Å². The zero-order valence-corrected chi connectivity index (χ0v) is 7.42. The van der Waals surface area contributed by atoms with Crippen molar-refractivity contribution in [2.75, 3.05) is 0 Å². The highest BCUT2D eigenvalue weighted by Gasteiger charge is 2.36. The molecular formula is C9H15NO. The van der Waals surface area contributed by atoms with Crippen molar-refractivity contribution in [3.05, 3.63) is 0 Å². The molecule has 0 bridgehead atoms. The summed E-state index contributed by atoms with van der Waals surface area (Å²) in [5.41, 5.74) is 0.384. The summed E-state index contributed by atoms with van der Waals surface area (Å²) in [7, 11) is 0. The highest BCUT2D eigenvalue weighted by atomic mass is 16.1. The van der Waals surface area contributed by atoms with Crippen molar-refractivity contribution >= 4 is 6.08 Å². The maximum atomic E-state index is 9.87. The van der Waals surface area contributed by atoms with E-state index >= 15 is 0 Å². The van der Waals surface area contributed by atoms with E-state index in [0.717, 1.165) is 18.8 Å². The maximum Gasteiger partial charge on any atom is 0.235 e. The van der Waals surface area contributed by atoms with Crippen molar-refractivity contribution in [2.24, 2.45) is 16.3 Å². The fraction of sp³-hybridized carbons (Fsp3) is 0.889. The zero-order valence-electron chi connectivity index (χ0n) is 7.42. The molecule has 0 amide bonds. The molecule has 1 rings (SSSR count). The Morgan fingerprint density at radius 1 is 1.36 bits per heavy atom. The van der Waals surface area contributed by atoms with E-state index in [1.165, 1.54) is 0 Å². The Balaban J connectivity index is 2.35. The Bertz CT molecular complexity index is 180. The Morgan fingerprint density at radius 3 is 2.27 bits per heavy atom. The first-order valence-corrected chi connectivity index (χ1v) is 4.11. The lowest BCUT2D eigenvalue weighted by molar-refractivity contribution is 0.118. The monoisotopic (exact) mass is 153 g/mol. The summed E-state index contributed by atoms with van der Waals surface area (Å²) in [5.74, 6) is 0.740. The molecule has 1 fully saturated rings. The van der Waals surface area contributed by atoms with Gasteiger partial charge in [0.05, 0.1) is 6.04 Å². The van der Waals surface area contributed by atoms with Crippen molar-refractivity contribution in [1.82, 2.24) is 0 Å². The minimum Gasteiger partial charge on any atom is -0.211 e. The summed E-state index contributed by atoms with van der Waals surface area (Å²) in [6, 6.07) is 0.275. The molecule has 1 aliphatic carbocycles. The standard InChI is InChI=1S/C9H15NO/c1-9(2,3)7-4-8(5-7)10-6-11/h7-8H,4-5H2,1-3H3. The normalized spacial score (nSPS) is 30.5. The minimum atomic E-state index is 0.275. The van der Waals surface area contributed by atoms with E-state index < -0.39 is 0 Å². The number of hydrogen-bond acceptors (Lipinski definition) is 2. The first-order valence-electron chi connectivity index (χ1n) is 4.11.